The predicted octanol–water partition coefficient (Wildman–Crippen LogP) is 3.20. The first-order valence-electron chi connectivity index (χ1n) is 8.73. The lowest BCUT2D eigenvalue weighted by Crippen LogP contribution is -2.58. The third-order valence-corrected chi connectivity index (χ3v) is 5.01. The molecule has 126 valence electrons. The molecular weight excluding hydrogens is 300 g/mol. The zero-order valence-corrected chi connectivity index (χ0v) is 14.1. The Balaban J connectivity index is 1.45. The van der Waals surface area contributed by atoms with Gasteiger partial charge in [-0.15, -0.1) is 0 Å². The van der Waals surface area contributed by atoms with Crippen molar-refractivity contribution >= 4 is 0 Å². The van der Waals surface area contributed by atoms with Crippen LogP contribution in [-0.4, -0.2) is 41.3 Å². The smallest absolute Gasteiger partial charge is 0.137 e. The summed E-state index contributed by atoms with van der Waals surface area (Å²) >= 11 is 0. The van der Waals surface area contributed by atoms with E-state index in [-0.39, 0.29) is 6.10 Å². The highest BCUT2D eigenvalue weighted by molar-refractivity contribution is 5.22. The lowest BCUT2D eigenvalue weighted by Gasteiger charge is -2.48. The van der Waals surface area contributed by atoms with Crippen molar-refractivity contribution in [2.24, 2.45) is 0 Å². The number of nitrogens with zero attached hydrogens (tertiary/aromatic N) is 2. The van der Waals surface area contributed by atoms with Crippen LogP contribution in [0.2, 0.25) is 0 Å². The first kappa shape index (κ1) is 15.6. The van der Waals surface area contributed by atoms with Gasteiger partial charge >= 0.3 is 0 Å². The maximum absolute atomic E-state index is 6.16. The van der Waals surface area contributed by atoms with Crippen molar-refractivity contribution < 1.29 is 9.47 Å². The minimum atomic E-state index is 0.252. The molecule has 3 heterocycles. The van der Waals surface area contributed by atoms with E-state index in [1.165, 1.54) is 11.1 Å². The Morgan fingerprint density at radius 1 is 1.17 bits per heavy atom. The number of piperidine rings is 1. The molecule has 24 heavy (non-hydrogen) atoms. The maximum Gasteiger partial charge on any atom is 0.137 e. The van der Waals surface area contributed by atoms with E-state index < -0.39 is 0 Å². The largest absolute Gasteiger partial charge is 0.489 e. The van der Waals surface area contributed by atoms with Crippen LogP contribution in [0.5, 0.6) is 5.75 Å². The zero-order valence-electron chi connectivity index (χ0n) is 14.1. The Morgan fingerprint density at radius 3 is 2.71 bits per heavy atom. The molecule has 0 radical (unpaired) electrons. The molecule has 2 aliphatic heterocycles. The third kappa shape index (κ3) is 3.45. The van der Waals surface area contributed by atoms with Crippen LogP contribution in [0, 0.1) is 6.92 Å². The number of ether oxygens (including phenoxy) is 2. The molecule has 4 rings (SSSR count). The van der Waals surface area contributed by atoms with Crippen LogP contribution in [0.15, 0.2) is 48.8 Å². The molecule has 2 fully saturated rings. The SMILES string of the molecule is Cc1cccc(CN2C3COCC2CC(Oc2cccnc2)C3)c1. The van der Waals surface area contributed by atoms with Crippen molar-refractivity contribution in [1.82, 2.24) is 9.88 Å². The summed E-state index contributed by atoms with van der Waals surface area (Å²) in [6.45, 7) is 4.76. The fourth-order valence-corrected chi connectivity index (χ4v) is 3.92. The Bertz CT molecular complexity index is 662. The van der Waals surface area contributed by atoms with Crippen molar-refractivity contribution in [1.29, 1.82) is 0 Å². The van der Waals surface area contributed by atoms with Gasteiger partial charge in [-0.2, -0.15) is 0 Å². The van der Waals surface area contributed by atoms with Gasteiger partial charge < -0.3 is 9.47 Å². The summed E-state index contributed by atoms with van der Waals surface area (Å²) in [6.07, 6.45) is 5.85. The van der Waals surface area contributed by atoms with Gasteiger partial charge in [0.25, 0.3) is 0 Å². The second kappa shape index (κ2) is 6.91. The molecule has 0 amide bonds. The molecular formula is C20H24N2O2. The monoisotopic (exact) mass is 324 g/mol. The molecule has 4 heteroatoms. The number of aryl methyl sites for hydroxylation is 1. The third-order valence-electron chi connectivity index (χ3n) is 5.01. The van der Waals surface area contributed by atoms with Gasteiger partial charge in [0, 0.05) is 37.7 Å². The van der Waals surface area contributed by atoms with Crippen molar-refractivity contribution in [2.75, 3.05) is 13.2 Å². The van der Waals surface area contributed by atoms with Crippen molar-refractivity contribution in [2.45, 2.75) is 44.5 Å². The standard InChI is InChI=1S/C20H24N2O2/c1-15-4-2-5-16(8-15)12-22-17-9-20(10-18(22)14-23-13-17)24-19-6-3-7-21-11-19/h2-8,11,17-18,20H,9-10,12-14H2,1H3. The first-order valence-corrected chi connectivity index (χ1v) is 8.73. The van der Waals surface area contributed by atoms with E-state index in [4.69, 9.17) is 9.47 Å². The fourth-order valence-electron chi connectivity index (χ4n) is 3.92. The Labute approximate surface area is 143 Å². The molecule has 0 aliphatic carbocycles. The molecule has 2 aliphatic rings. The van der Waals surface area contributed by atoms with Crippen LogP contribution in [0.3, 0.4) is 0 Å². The summed E-state index contributed by atoms with van der Waals surface area (Å²) in [5.74, 6) is 0.869. The molecule has 1 aromatic carbocycles. The average molecular weight is 324 g/mol. The van der Waals surface area contributed by atoms with E-state index in [0.29, 0.717) is 12.1 Å². The Hall–Kier alpha value is -1.91. The first-order chi connectivity index (χ1) is 11.8. The van der Waals surface area contributed by atoms with Crippen molar-refractivity contribution in [3.63, 3.8) is 0 Å². The zero-order chi connectivity index (χ0) is 16.4. The van der Waals surface area contributed by atoms with Gasteiger partial charge in [-0.25, -0.2) is 0 Å². The summed E-state index contributed by atoms with van der Waals surface area (Å²) in [7, 11) is 0. The lowest BCUT2D eigenvalue weighted by atomic mass is 9.91. The van der Waals surface area contributed by atoms with Gasteiger partial charge in [-0.1, -0.05) is 29.8 Å². The molecule has 0 saturated carbocycles. The Kier molecular flexibility index (Phi) is 4.50. The van der Waals surface area contributed by atoms with E-state index in [0.717, 1.165) is 38.3 Å². The minimum Gasteiger partial charge on any atom is -0.489 e. The van der Waals surface area contributed by atoms with Gasteiger partial charge in [0.05, 0.1) is 19.4 Å². The number of hydrogen-bond donors (Lipinski definition) is 0. The molecule has 4 nitrogen and oxygen atoms in total. The summed E-state index contributed by atoms with van der Waals surface area (Å²) in [6, 6.07) is 13.6. The van der Waals surface area contributed by atoms with E-state index in [2.05, 4.69) is 41.1 Å². The van der Waals surface area contributed by atoms with Crippen LogP contribution >= 0.6 is 0 Å². The quantitative estimate of drug-likeness (QED) is 0.865. The van der Waals surface area contributed by atoms with E-state index in [1.54, 1.807) is 12.4 Å². The highest BCUT2D eigenvalue weighted by Gasteiger charge is 2.39. The van der Waals surface area contributed by atoms with Gasteiger partial charge in [0.15, 0.2) is 0 Å². The molecule has 2 atom stereocenters. The van der Waals surface area contributed by atoms with Gasteiger partial charge in [0.2, 0.25) is 0 Å². The summed E-state index contributed by atoms with van der Waals surface area (Å²) in [5.41, 5.74) is 2.71. The van der Waals surface area contributed by atoms with Crippen molar-refractivity contribution in [3.05, 3.63) is 59.9 Å². The number of fused-ring (bicyclic) bond motifs is 2. The number of rotatable bonds is 4. The van der Waals surface area contributed by atoms with E-state index >= 15 is 0 Å². The highest BCUT2D eigenvalue weighted by Crippen LogP contribution is 2.31. The molecule has 2 saturated heterocycles. The second-order valence-corrected chi connectivity index (χ2v) is 6.91. The van der Waals surface area contributed by atoms with Crippen LogP contribution < -0.4 is 4.74 Å². The highest BCUT2D eigenvalue weighted by atomic mass is 16.5. The van der Waals surface area contributed by atoms with E-state index in [1.807, 2.05) is 12.1 Å². The van der Waals surface area contributed by atoms with Crippen LogP contribution in [0.4, 0.5) is 0 Å². The lowest BCUT2D eigenvalue weighted by molar-refractivity contribution is -0.104. The number of morpholine rings is 1. The summed E-state index contributed by atoms with van der Waals surface area (Å²) < 4.78 is 12.0. The van der Waals surface area contributed by atoms with Gasteiger partial charge in [-0.3, -0.25) is 9.88 Å². The molecule has 2 aromatic rings. The molecule has 1 aromatic heterocycles. The molecule has 2 bridgehead atoms. The van der Waals surface area contributed by atoms with E-state index in [9.17, 15) is 0 Å². The van der Waals surface area contributed by atoms with Gasteiger partial charge in [-0.05, 0) is 24.6 Å². The van der Waals surface area contributed by atoms with Crippen molar-refractivity contribution in [3.8, 4) is 5.75 Å². The average Bonchev–Trinajstić information content (AvgIpc) is 2.56. The summed E-state index contributed by atoms with van der Waals surface area (Å²) in [4.78, 5) is 6.75. The number of hydrogen-bond acceptors (Lipinski definition) is 4. The normalized spacial score (nSPS) is 27.0. The number of pyridine rings is 1. The fraction of sp³-hybridized carbons (Fsp3) is 0.450. The Morgan fingerprint density at radius 2 is 2.00 bits per heavy atom. The van der Waals surface area contributed by atoms with Crippen LogP contribution in [0.25, 0.3) is 0 Å². The van der Waals surface area contributed by atoms with Gasteiger partial charge in [0.1, 0.15) is 11.9 Å². The number of aromatic nitrogens is 1. The minimum absolute atomic E-state index is 0.252. The maximum atomic E-state index is 6.16. The molecule has 0 spiro atoms. The molecule has 0 N–H and O–H groups in total. The second-order valence-electron chi connectivity index (χ2n) is 6.91. The summed E-state index contributed by atoms with van der Waals surface area (Å²) in [5, 5.41) is 0. The molecule has 2 unspecified atom stereocenters. The topological polar surface area (TPSA) is 34.6 Å². The predicted molar refractivity (Wildman–Crippen MR) is 93.0 cm³/mol. The number of benzene rings is 1. The van der Waals surface area contributed by atoms with Crippen LogP contribution in [0.1, 0.15) is 24.0 Å². The van der Waals surface area contributed by atoms with Crippen LogP contribution in [-0.2, 0) is 11.3 Å².